The Morgan fingerprint density at radius 1 is 1.07 bits per heavy atom. The van der Waals surface area contributed by atoms with Crippen LogP contribution in [0.1, 0.15) is 31.9 Å². The number of benzene rings is 2. The lowest BCUT2D eigenvalue weighted by Gasteiger charge is -2.13. The highest BCUT2D eigenvalue weighted by Gasteiger charge is 2.17. The maximum Gasteiger partial charge on any atom is 0.333 e. The number of halogens is 1. The monoisotopic (exact) mass is 432 g/mol. The number of aliphatic carboxylic acids is 1. The predicted molar refractivity (Wildman–Crippen MR) is 111 cm³/mol. The first kappa shape index (κ1) is 21.2. The minimum absolute atomic E-state index is 0.338. The molecule has 27 heavy (non-hydrogen) atoms. The van der Waals surface area contributed by atoms with Crippen LogP contribution < -0.4 is 4.74 Å². The summed E-state index contributed by atoms with van der Waals surface area (Å²) >= 11 is 3.45. The molecular formula is C22H25BrO4. The van der Waals surface area contributed by atoms with Crippen LogP contribution in [-0.4, -0.2) is 30.4 Å². The highest BCUT2D eigenvalue weighted by Crippen LogP contribution is 2.22. The van der Waals surface area contributed by atoms with Crippen molar-refractivity contribution < 1.29 is 19.4 Å². The van der Waals surface area contributed by atoms with E-state index in [1.165, 1.54) is 11.1 Å². The van der Waals surface area contributed by atoms with Crippen molar-refractivity contribution in [1.82, 2.24) is 0 Å². The second-order valence-electron chi connectivity index (χ2n) is 6.33. The van der Waals surface area contributed by atoms with Crippen LogP contribution in [0.5, 0.6) is 5.75 Å². The molecule has 5 heteroatoms. The Morgan fingerprint density at radius 3 is 2.26 bits per heavy atom. The fourth-order valence-corrected chi connectivity index (χ4v) is 2.87. The van der Waals surface area contributed by atoms with Crippen LogP contribution in [0, 0.1) is 0 Å². The Morgan fingerprint density at radius 2 is 1.70 bits per heavy atom. The van der Waals surface area contributed by atoms with Gasteiger partial charge >= 0.3 is 5.97 Å². The standard InChI is InChI=1S/C22H25BrO4/c1-4-26-21(22(24)25)13-17-5-11-20(12-6-17)27-14-15(2)16(3)18-7-9-19(23)10-8-18/h5-12,21H,4,13-14H2,1-3H3,(H,24,25). The molecule has 1 N–H and O–H groups in total. The molecule has 0 radical (unpaired) electrons. The summed E-state index contributed by atoms with van der Waals surface area (Å²) < 4.78 is 12.2. The quantitative estimate of drug-likeness (QED) is 0.579. The molecule has 144 valence electrons. The lowest BCUT2D eigenvalue weighted by atomic mass is 10.0. The summed E-state index contributed by atoms with van der Waals surface area (Å²) in [6.07, 6.45) is -0.481. The molecule has 2 aromatic carbocycles. The number of ether oxygens (including phenoxy) is 2. The van der Waals surface area contributed by atoms with E-state index in [-0.39, 0.29) is 0 Å². The van der Waals surface area contributed by atoms with Crippen molar-refractivity contribution in [3.05, 3.63) is 69.7 Å². The minimum atomic E-state index is -0.943. The SMILES string of the molecule is CCOC(Cc1ccc(OCC(C)=C(C)c2ccc(Br)cc2)cc1)C(=O)O. The van der Waals surface area contributed by atoms with Gasteiger partial charge in [-0.25, -0.2) is 4.79 Å². The van der Waals surface area contributed by atoms with Crippen molar-refractivity contribution in [3.8, 4) is 5.75 Å². The van der Waals surface area contributed by atoms with E-state index in [1.54, 1.807) is 6.92 Å². The van der Waals surface area contributed by atoms with Gasteiger partial charge in [-0.15, -0.1) is 0 Å². The Labute approximate surface area is 168 Å². The van der Waals surface area contributed by atoms with E-state index < -0.39 is 12.1 Å². The summed E-state index contributed by atoms with van der Waals surface area (Å²) in [6.45, 7) is 6.81. The Bertz CT molecular complexity index is 779. The largest absolute Gasteiger partial charge is 0.489 e. The normalized spacial score (nSPS) is 13.0. The minimum Gasteiger partial charge on any atom is -0.489 e. The highest BCUT2D eigenvalue weighted by molar-refractivity contribution is 9.10. The van der Waals surface area contributed by atoms with Gasteiger partial charge < -0.3 is 14.6 Å². The molecule has 1 atom stereocenters. The molecule has 2 rings (SSSR count). The van der Waals surface area contributed by atoms with Gasteiger partial charge in [0.15, 0.2) is 6.10 Å². The van der Waals surface area contributed by atoms with Crippen molar-refractivity contribution in [2.24, 2.45) is 0 Å². The number of rotatable bonds is 9. The third-order valence-electron chi connectivity index (χ3n) is 4.36. The topological polar surface area (TPSA) is 55.8 Å². The number of carbonyl (C=O) groups is 1. The molecule has 0 aliphatic carbocycles. The third-order valence-corrected chi connectivity index (χ3v) is 4.89. The van der Waals surface area contributed by atoms with Gasteiger partial charge in [-0.1, -0.05) is 40.2 Å². The first-order valence-corrected chi connectivity index (χ1v) is 9.68. The number of hydrogen-bond donors (Lipinski definition) is 1. The summed E-state index contributed by atoms with van der Waals surface area (Å²) in [5.74, 6) is -0.189. The number of carboxylic acids is 1. The zero-order valence-electron chi connectivity index (χ0n) is 15.9. The molecule has 0 saturated carbocycles. The number of carboxylic acid groups (broad SMARTS) is 1. The molecule has 0 fully saturated rings. The average Bonchev–Trinajstić information content (AvgIpc) is 2.66. The predicted octanol–water partition coefficient (Wildman–Crippen LogP) is 5.35. The van der Waals surface area contributed by atoms with E-state index in [0.29, 0.717) is 19.6 Å². The van der Waals surface area contributed by atoms with Crippen molar-refractivity contribution in [1.29, 1.82) is 0 Å². The van der Waals surface area contributed by atoms with Crippen LogP contribution in [0.2, 0.25) is 0 Å². The molecule has 0 aliphatic heterocycles. The Balaban J connectivity index is 1.97. The molecule has 1 unspecified atom stereocenters. The first-order valence-electron chi connectivity index (χ1n) is 8.89. The van der Waals surface area contributed by atoms with E-state index in [0.717, 1.165) is 21.4 Å². The van der Waals surface area contributed by atoms with Crippen LogP contribution in [0.4, 0.5) is 0 Å². The molecular weight excluding hydrogens is 408 g/mol. The first-order chi connectivity index (χ1) is 12.9. The summed E-state index contributed by atoms with van der Waals surface area (Å²) in [7, 11) is 0. The Kier molecular flexibility index (Phi) is 8.07. The fourth-order valence-electron chi connectivity index (χ4n) is 2.60. The maximum atomic E-state index is 11.2. The van der Waals surface area contributed by atoms with Crippen LogP contribution in [0.25, 0.3) is 5.57 Å². The van der Waals surface area contributed by atoms with Gasteiger partial charge in [0.05, 0.1) is 0 Å². The second-order valence-corrected chi connectivity index (χ2v) is 7.25. The van der Waals surface area contributed by atoms with Crippen LogP contribution in [0.3, 0.4) is 0 Å². The van der Waals surface area contributed by atoms with E-state index in [1.807, 2.05) is 36.4 Å². The molecule has 2 aromatic rings. The van der Waals surface area contributed by atoms with E-state index >= 15 is 0 Å². The second kappa shape index (κ2) is 10.3. The number of hydrogen-bond acceptors (Lipinski definition) is 3. The van der Waals surface area contributed by atoms with Gasteiger partial charge in [0.1, 0.15) is 12.4 Å². The molecule has 4 nitrogen and oxygen atoms in total. The van der Waals surface area contributed by atoms with Gasteiger partial charge in [-0.3, -0.25) is 0 Å². The molecule has 0 saturated heterocycles. The van der Waals surface area contributed by atoms with Gasteiger partial charge in [0.25, 0.3) is 0 Å². The van der Waals surface area contributed by atoms with Crippen molar-refractivity contribution in [2.45, 2.75) is 33.3 Å². The maximum absolute atomic E-state index is 11.2. The zero-order chi connectivity index (χ0) is 19.8. The van der Waals surface area contributed by atoms with Crippen molar-refractivity contribution >= 4 is 27.5 Å². The van der Waals surface area contributed by atoms with E-state index in [2.05, 4.69) is 41.9 Å². The summed E-state index contributed by atoms with van der Waals surface area (Å²) in [6, 6.07) is 15.7. The lowest BCUT2D eigenvalue weighted by Crippen LogP contribution is -2.26. The average molecular weight is 433 g/mol. The van der Waals surface area contributed by atoms with Gasteiger partial charge in [0, 0.05) is 17.5 Å². The van der Waals surface area contributed by atoms with Gasteiger partial charge in [0.2, 0.25) is 0 Å². The van der Waals surface area contributed by atoms with Gasteiger partial charge in [-0.2, -0.15) is 0 Å². The molecule has 0 heterocycles. The van der Waals surface area contributed by atoms with Crippen LogP contribution in [0.15, 0.2) is 58.6 Å². The molecule has 0 spiro atoms. The Hall–Kier alpha value is -2.11. The van der Waals surface area contributed by atoms with Crippen LogP contribution >= 0.6 is 15.9 Å². The summed E-state index contributed by atoms with van der Waals surface area (Å²) in [4.78, 5) is 11.2. The van der Waals surface area contributed by atoms with E-state index in [9.17, 15) is 4.79 Å². The molecule has 0 bridgehead atoms. The highest BCUT2D eigenvalue weighted by atomic mass is 79.9. The zero-order valence-corrected chi connectivity index (χ0v) is 17.5. The summed E-state index contributed by atoms with van der Waals surface area (Å²) in [5, 5.41) is 9.17. The molecule has 0 aromatic heterocycles. The molecule has 0 aliphatic rings. The fraction of sp³-hybridized carbons (Fsp3) is 0.318. The summed E-state index contributed by atoms with van der Waals surface area (Å²) in [5.41, 5.74) is 4.43. The lowest BCUT2D eigenvalue weighted by molar-refractivity contribution is -0.149. The van der Waals surface area contributed by atoms with Crippen molar-refractivity contribution in [2.75, 3.05) is 13.2 Å². The smallest absolute Gasteiger partial charge is 0.333 e. The van der Waals surface area contributed by atoms with E-state index in [4.69, 9.17) is 14.6 Å². The molecule has 0 amide bonds. The van der Waals surface area contributed by atoms with Crippen molar-refractivity contribution in [3.63, 3.8) is 0 Å². The van der Waals surface area contributed by atoms with Gasteiger partial charge in [-0.05, 0) is 67.3 Å². The number of allylic oxidation sites excluding steroid dienone is 1. The third kappa shape index (κ3) is 6.52. The van der Waals surface area contributed by atoms with Crippen LogP contribution in [-0.2, 0) is 16.0 Å².